The molecule has 0 aromatic rings. The molecule has 0 spiro atoms. The van der Waals surface area contributed by atoms with Crippen molar-refractivity contribution < 1.29 is 32.9 Å². The number of carbonyl (C=O) groups is 1. The summed E-state index contributed by atoms with van der Waals surface area (Å²) >= 11 is 0. The first-order valence-electron chi connectivity index (χ1n) is 26.9. The number of aliphatic hydroxyl groups excluding tert-OH is 1. The topological polar surface area (TPSA) is 108 Å². The second-order valence-electron chi connectivity index (χ2n) is 19.2. The van der Waals surface area contributed by atoms with Gasteiger partial charge in [0, 0.05) is 6.42 Å². The molecule has 0 aromatic carbocycles. The van der Waals surface area contributed by atoms with Gasteiger partial charge in [0.15, 0.2) is 0 Å². The van der Waals surface area contributed by atoms with E-state index in [4.69, 9.17) is 9.05 Å². The number of allylic oxidation sites excluding steroid dienone is 14. The van der Waals surface area contributed by atoms with Gasteiger partial charge in [-0.25, -0.2) is 0 Å². The third-order valence-corrected chi connectivity index (χ3v) is 12.6. The molecule has 0 radical (unpaired) electrons. The highest BCUT2D eigenvalue weighted by molar-refractivity contribution is 7.45. The second kappa shape index (κ2) is 47.7. The number of amides is 1. The molecule has 66 heavy (non-hydrogen) atoms. The van der Waals surface area contributed by atoms with Crippen molar-refractivity contribution in [3.8, 4) is 0 Å². The average molecular weight is 943 g/mol. The van der Waals surface area contributed by atoms with Crippen molar-refractivity contribution >= 4 is 13.7 Å². The van der Waals surface area contributed by atoms with Gasteiger partial charge in [-0.3, -0.25) is 9.36 Å². The quantitative estimate of drug-likeness (QED) is 0.0272. The summed E-state index contributed by atoms with van der Waals surface area (Å²) in [5.41, 5.74) is 0. The predicted octanol–water partition coefficient (Wildman–Crippen LogP) is 15.5. The molecule has 0 aliphatic rings. The van der Waals surface area contributed by atoms with Crippen molar-refractivity contribution in [1.82, 2.24) is 5.32 Å². The molecule has 0 bridgehead atoms. The van der Waals surface area contributed by atoms with E-state index in [0.29, 0.717) is 23.9 Å². The summed E-state index contributed by atoms with van der Waals surface area (Å²) in [6.45, 7) is 4.57. The summed E-state index contributed by atoms with van der Waals surface area (Å²) in [4.78, 5) is 25.5. The standard InChI is InChI=1S/C57H103N2O6P/c1-6-8-10-12-14-16-18-20-22-24-26-28-29-31-33-35-37-39-41-43-45-47-49-51-57(61)58-55(54-65-66(62,63)64-53-52-59(3,4)5)56(60)50-48-46-44-42-40-38-36-34-32-30-27-25-23-21-19-17-15-13-11-9-7-2/h8,10,14,16,20,22,26,28,31,33,37,39,43,45,55-56,60H,6-7,9,11-13,15,17-19,21,23-25,27,29-30,32,34-36,38,40-42,44,46-54H2,1-5H3,(H-,58,61,62,63)/b10-8-,16-14-,22-20-,28-26-,33-31-,39-37-,45-43-. The monoisotopic (exact) mass is 943 g/mol. The van der Waals surface area contributed by atoms with Gasteiger partial charge in [0.1, 0.15) is 13.2 Å². The molecule has 0 aromatic heterocycles. The molecule has 0 rings (SSSR count). The number of nitrogens with one attached hydrogen (secondary N) is 1. The molecule has 0 saturated carbocycles. The van der Waals surface area contributed by atoms with Gasteiger partial charge in [-0.1, -0.05) is 234 Å². The normalized spacial score (nSPS) is 14.7. The maximum Gasteiger partial charge on any atom is 0.268 e. The number of phosphoric ester groups is 1. The number of phosphoric acid groups is 1. The van der Waals surface area contributed by atoms with Gasteiger partial charge in [-0.15, -0.1) is 0 Å². The van der Waals surface area contributed by atoms with Crippen LogP contribution in [0.25, 0.3) is 0 Å². The number of unbranched alkanes of at least 4 members (excludes halogenated alkanes) is 21. The van der Waals surface area contributed by atoms with E-state index >= 15 is 0 Å². The fraction of sp³-hybridized carbons (Fsp3) is 0.737. The minimum absolute atomic E-state index is 0.00307. The van der Waals surface area contributed by atoms with E-state index in [2.05, 4.69) is 104 Å². The van der Waals surface area contributed by atoms with E-state index in [-0.39, 0.29) is 25.5 Å². The first-order valence-corrected chi connectivity index (χ1v) is 28.4. The van der Waals surface area contributed by atoms with Crippen LogP contribution in [0.2, 0.25) is 0 Å². The minimum atomic E-state index is -4.59. The Balaban J connectivity index is 4.36. The van der Waals surface area contributed by atoms with Crippen LogP contribution in [0.3, 0.4) is 0 Å². The molecule has 382 valence electrons. The van der Waals surface area contributed by atoms with Crippen molar-refractivity contribution in [3.05, 3.63) is 85.1 Å². The molecule has 3 unspecified atom stereocenters. The molecule has 0 fully saturated rings. The molecule has 2 N–H and O–H groups in total. The largest absolute Gasteiger partial charge is 0.756 e. The summed E-state index contributed by atoms with van der Waals surface area (Å²) < 4.78 is 23.4. The van der Waals surface area contributed by atoms with Crippen LogP contribution in [0.1, 0.15) is 219 Å². The first-order chi connectivity index (χ1) is 32.0. The van der Waals surface area contributed by atoms with Crippen molar-refractivity contribution in [2.24, 2.45) is 0 Å². The average Bonchev–Trinajstić information content (AvgIpc) is 3.28. The van der Waals surface area contributed by atoms with Crippen LogP contribution in [0, 0.1) is 0 Å². The van der Waals surface area contributed by atoms with Crippen LogP contribution in [0.15, 0.2) is 85.1 Å². The molecule has 0 aliphatic heterocycles. The highest BCUT2D eigenvalue weighted by Crippen LogP contribution is 2.38. The van der Waals surface area contributed by atoms with Crippen LogP contribution < -0.4 is 10.2 Å². The molecular weight excluding hydrogens is 840 g/mol. The number of hydrogen-bond acceptors (Lipinski definition) is 6. The number of likely N-dealkylation sites (N-methyl/N-ethyl adjacent to an activating group) is 1. The molecule has 0 saturated heterocycles. The Hall–Kier alpha value is -2.32. The van der Waals surface area contributed by atoms with E-state index in [9.17, 15) is 19.4 Å². The molecule has 0 aliphatic carbocycles. The van der Waals surface area contributed by atoms with Crippen molar-refractivity contribution in [3.63, 3.8) is 0 Å². The number of quaternary nitrogens is 1. The Bertz CT molecular complexity index is 1350. The summed E-state index contributed by atoms with van der Waals surface area (Å²) in [5.74, 6) is -0.224. The lowest BCUT2D eigenvalue weighted by Gasteiger charge is -2.30. The van der Waals surface area contributed by atoms with E-state index in [0.717, 1.165) is 70.6 Å². The highest BCUT2D eigenvalue weighted by Gasteiger charge is 2.24. The van der Waals surface area contributed by atoms with Gasteiger partial charge in [-0.2, -0.15) is 0 Å². The van der Waals surface area contributed by atoms with Crippen LogP contribution in [0.5, 0.6) is 0 Å². The zero-order valence-electron chi connectivity index (χ0n) is 43.4. The second-order valence-corrected chi connectivity index (χ2v) is 20.6. The molecule has 0 heterocycles. The van der Waals surface area contributed by atoms with Gasteiger partial charge in [0.05, 0.1) is 39.9 Å². The summed E-state index contributed by atoms with van der Waals surface area (Å²) in [6.07, 6.45) is 66.1. The third-order valence-electron chi connectivity index (χ3n) is 11.6. The van der Waals surface area contributed by atoms with Gasteiger partial charge in [0.25, 0.3) is 7.82 Å². The molecule has 9 heteroatoms. The fourth-order valence-corrected chi connectivity index (χ4v) is 8.16. The summed E-state index contributed by atoms with van der Waals surface area (Å²) in [6, 6.07) is -0.837. The smallest absolute Gasteiger partial charge is 0.268 e. The van der Waals surface area contributed by atoms with Crippen molar-refractivity contribution in [2.75, 3.05) is 40.9 Å². The first kappa shape index (κ1) is 63.7. The Morgan fingerprint density at radius 1 is 0.545 bits per heavy atom. The number of rotatable bonds is 48. The van der Waals surface area contributed by atoms with E-state index in [1.165, 1.54) is 116 Å². The zero-order chi connectivity index (χ0) is 48.5. The minimum Gasteiger partial charge on any atom is -0.756 e. The molecular formula is C57H103N2O6P. The molecule has 8 nitrogen and oxygen atoms in total. The van der Waals surface area contributed by atoms with Crippen LogP contribution in [0.4, 0.5) is 0 Å². The Morgan fingerprint density at radius 2 is 0.909 bits per heavy atom. The SMILES string of the molecule is CC/C=C\C/C=C\C/C=C\C/C=C\C/C=C\C/C=C\C/C=C\CCCC(=O)NC(COP(=O)([O-])OCC[N+](C)(C)C)C(O)CCCCCCCCCCCCCCCCCCCCCCC. The maximum absolute atomic E-state index is 12.9. The summed E-state index contributed by atoms with van der Waals surface area (Å²) in [5, 5.41) is 14.0. The van der Waals surface area contributed by atoms with Gasteiger partial charge < -0.3 is 28.8 Å². The van der Waals surface area contributed by atoms with Crippen molar-refractivity contribution in [2.45, 2.75) is 231 Å². The van der Waals surface area contributed by atoms with Gasteiger partial charge in [-0.05, 0) is 64.2 Å². The van der Waals surface area contributed by atoms with Crippen LogP contribution >= 0.6 is 7.82 Å². The predicted molar refractivity (Wildman–Crippen MR) is 283 cm³/mol. The van der Waals surface area contributed by atoms with E-state index < -0.39 is 20.0 Å². The Labute approximate surface area is 407 Å². The van der Waals surface area contributed by atoms with E-state index in [1.54, 1.807) is 0 Å². The lowest BCUT2D eigenvalue weighted by Crippen LogP contribution is -2.46. The summed E-state index contributed by atoms with van der Waals surface area (Å²) in [7, 11) is 1.26. The number of aliphatic hydroxyl groups is 1. The van der Waals surface area contributed by atoms with Crippen molar-refractivity contribution in [1.29, 1.82) is 0 Å². The third kappa shape index (κ3) is 49.6. The Kier molecular flexibility index (Phi) is 46.1. The number of carbonyl (C=O) groups excluding carboxylic acids is 1. The van der Waals surface area contributed by atoms with E-state index in [1.807, 2.05) is 21.1 Å². The number of hydrogen-bond donors (Lipinski definition) is 2. The molecule has 1 amide bonds. The fourth-order valence-electron chi connectivity index (χ4n) is 7.44. The van der Waals surface area contributed by atoms with Gasteiger partial charge >= 0.3 is 0 Å². The number of nitrogens with zero attached hydrogens (tertiary/aromatic N) is 1. The zero-order valence-corrected chi connectivity index (χ0v) is 44.3. The lowest BCUT2D eigenvalue weighted by molar-refractivity contribution is -0.870. The molecule has 3 atom stereocenters. The van der Waals surface area contributed by atoms with Gasteiger partial charge in [0.2, 0.25) is 5.91 Å². The highest BCUT2D eigenvalue weighted by atomic mass is 31.2. The Morgan fingerprint density at radius 3 is 1.29 bits per heavy atom. The van der Waals surface area contributed by atoms with Crippen LogP contribution in [-0.4, -0.2) is 68.5 Å². The van der Waals surface area contributed by atoms with Crippen LogP contribution in [-0.2, 0) is 18.4 Å². The maximum atomic E-state index is 12.9. The lowest BCUT2D eigenvalue weighted by atomic mass is 10.0.